The maximum Gasteiger partial charge on any atom is 0.237 e. The van der Waals surface area contributed by atoms with Gasteiger partial charge in [-0.2, -0.15) is 4.98 Å². The molecule has 3 aromatic heterocycles. The lowest BCUT2D eigenvalue weighted by atomic mass is 10.4. The second kappa shape index (κ2) is 5.28. The van der Waals surface area contributed by atoms with Gasteiger partial charge >= 0.3 is 0 Å². The van der Waals surface area contributed by atoms with Gasteiger partial charge in [0.15, 0.2) is 0 Å². The standard InChI is InChI=1S/C11H8N4OS2/c1-2-8(17-5-1)11-14-9(16-15-11)7-18-10-6-12-3-4-13-10/h1-6H,7H2. The molecule has 7 heteroatoms. The Morgan fingerprint density at radius 3 is 3.11 bits per heavy atom. The Hall–Kier alpha value is -1.73. The van der Waals surface area contributed by atoms with Gasteiger partial charge in [-0.1, -0.05) is 23.0 Å². The minimum Gasteiger partial charge on any atom is -0.338 e. The van der Waals surface area contributed by atoms with E-state index < -0.39 is 0 Å². The van der Waals surface area contributed by atoms with Crippen molar-refractivity contribution < 1.29 is 4.52 Å². The Morgan fingerprint density at radius 2 is 2.33 bits per heavy atom. The van der Waals surface area contributed by atoms with Crippen LogP contribution in [0, 0.1) is 0 Å². The maximum atomic E-state index is 5.19. The fourth-order valence-electron chi connectivity index (χ4n) is 1.31. The van der Waals surface area contributed by atoms with Crippen molar-refractivity contribution in [1.29, 1.82) is 0 Å². The van der Waals surface area contributed by atoms with E-state index >= 15 is 0 Å². The van der Waals surface area contributed by atoms with E-state index in [1.54, 1.807) is 29.9 Å². The molecule has 0 aliphatic carbocycles. The van der Waals surface area contributed by atoms with Gasteiger partial charge in [0, 0.05) is 12.4 Å². The summed E-state index contributed by atoms with van der Waals surface area (Å²) in [6.45, 7) is 0. The van der Waals surface area contributed by atoms with Gasteiger partial charge in [-0.25, -0.2) is 4.98 Å². The van der Waals surface area contributed by atoms with Crippen LogP contribution in [0.15, 0.2) is 45.7 Å². The molecule has 0 unspecified atom stereocenters. The topological polar surface area (TPSA) is 64.7 Å². The first-order valence-electron chi connectivity index (χ1n) is 5.17. The lowest BCUT2D eigenvalue weighted by molar-refractivity contribution is 0.392. The monoisotopic (exact) mass is 276 g/mol. The summed E-state index contributed by atoms with van der Waals surface area (Å²) in [7, 11) is 0. The van der Waals surface area contributed by atoms with Crippen LogP contribution < -0.4 is 0 Å². The summed E-state index contributed by atoms with van der Waals surface area (Å²) < 4.78 is 5.19. The first-order chi connectivity index (χ1) is 8.92. The predicted octanol–water partition coefficient (Wildman–Crippen LogP) is 2.88. The average molecular weight is 276 g/mol. The molecule has 3 aromatic rings. The number of hydrogen-bond acceptors (Lipinski definition) is 7. The summed E-state index contributed by atoms with van der Waals surface area (Å²) in [5.41, 5.74) is 0. The van der Waals surface area contributed by atoms with Gasteiger partial charge in [-0.05, 0) is 11.4 Å². The Morgan fingerprint density at radius 1 is 1.33 bits per heavy atom. The van der Waals surface area contributed by atoms with Gasteiger partial charge in [0.25, 0.3) is 0 Å². The summed E-state index contributed by atoms with van der Waals surface area (Å²) in [4.78, 5) is 13.5. The number of hydrogen-bond donors (Lipinski definition) is 0. The second-order valence-corrected chi connectivity index (χ2v) is 5.26. The van der Waals surface area contributed by atoms with Crippen LogP contribution in [0.4, 0.5) is 0 Å². The molecule has 90 valence electrons. The van der Waals surface area contributed by atoms with E-state index in [0.717, 1.165) is 9.90 Å². The largest absolute Gasteiger partial charge is 0.338 e. The van der Waals surface area contributed by atoms with Crippen LogP contribution in [-0.2, 0) is 5.75 Å². The number of thioether (sulfide) groups is 1. The van der Waals surface area contributed by atoms with Crippen molar-refractivity contribution in [3.63, 3.8) is 0 Å². The molecule has 3 rings (SSSR count). The molecule has 5 nitrogen and oxygen atoms in total. The highest BCUT2D eigenvalue weighted by Crippen LogP contribution is 2.24. The second-order valence-electron chi connectivity index (χ2n) is 3.32. The Kier molecular flexibility index (Phi) is 3.33. The van der Waals surface area contributed by atoms with Crippen molar-refractivity contribution in [3.8, 4) is 10.7 Å². The third kappa shape index (κ3) is 2.57. The van der Waals surface area contributed by atoms with E-state index in [2.05, 4.69) is 20.1 Å². The SMILES string of the molecule is c1csc(-c2noc(CSc3cnccn3)n2)c1. The number of rotatable bonds is 4. The summed E-state index contributed by atoms with van der Waals surface area (Å²) in [6.07, 6.45) is 5.01. The predicted molar refractivity (Wildman–Crippen MR) is 69.2 cm³/mol. The summed E-state index contributed by atoms with van der Waals surface area (Å²) in [5, 5.41) is 6.77. The highest BCUT2D eigenvalue weighted by molar-refractivity contribution is 7.98. The molecule has 0 aliphatic heterocycles. The van der Waals surface area contributed by atoms with Crippen molar-refractivity contribution in [1.82, 2.24) is 20.1 Å². The van der Waals surface area contributed by atoms with Crippen molar-refractivity contribution in [2.75, 3.05) is 0 Å². The molecule has 0 N–H and O–H groups in total. The first kappa shape index (κ1) is 11.4. The molecule has 0 radical (unpaired) electrons. The van der Waals surface area contributed by atoms with E-state index in [1.807, 2.05) is 17.5 Å². The molecule has 0 atom stereocenters. The molecule has 0 fully saturated rings. The molecule has 0 aromatic carbocycles. The number of thiophene rings is 1. The molecule has 0 bridgehead atoms. The third-order valence-corrected chi connectivity index (χ3v) is 3.86. The summed E-state index contributed by atoms with van der Waals surface area (Å²) in [5.74, 6) is 1.82. The Balaban J connectivity index is 1.68. The molecule has 0 saturated heterocycles. The van der Waals surface area contributed by atoms with Crippen LogP contribution in [0.25, 0.3) is 10.7 Å². The normalized spacial score (nSPS) is 10.7. The zero-order valence-electron chi connectivity index (χ0n) is 9.18. The summed E-state index contributed by atoms with van der Waals surface area (Å²) >= 11 is 3.11. The van der Waals surface area contributed by atoms with Crippen molar-refractivity contribution in [2.45, 2.75) is 10.8 Å². The van der Waals surface area contributed by atoms with Gasteiger partial charge in [0.2, 0.25) is 11.7 Å². The van der Waals surface area contributed by atoms with Gasteiger partial charge in [-0.3, -0.25) is 4.98 Å². The molecule has 0 spiro atoms. The minimum absolute atomic E-state index is 0.592. The van der Waals surface area contributed by atoms with Crippen LogP contribution in [0.2, 0.25) is 0 Å². The lowest BCUT2D eigenvalue weighted by Gasteiger charge is -1.94. The minimum atomic E-state index is 0.592. The molecule has 0 aliphatic rings. The van der Waals surface area contributed by atoms with Crippen molar-refractivity contribution in [2.24, 2.45) is 0 Å². The lowest BCUT2D eigenvalue weighted by Crippen LogP contribution is -1.84. The molecule has 18 heavy (non-hydrogen) atoms. The fraction of sp³-hybridized carbons (Fsp3) is 0.0909. The first-order valence-corrected chi connectivity index (χ1v) is 7.03. The van der Waals surface area contributed by atoms with E-state index in [1.165, 1.54) is 11.8 Å². The maximum absolute atomic E-state index is 5.19. The van der Waals surface area contributed by atoms with Crippen LogP contribution >= 0.6 is 23.1 Å². The number of nitrogens with zero attached hydrogens (tertiary/aromatic N) is 4. The van der Waals surface area contributed by atoms with Crippen LogP contribution in [-0.4, -0.2) is 20.1 Å². The Labute approximate surface area is 111 Å². The zero-order chi connectivity index (χ0) is 12.2. The van der Waals surface area contributed by atoms with Gasteiger partial charge in [0.05, 0.1) is 16.8 Å². The highest BCUT2D eigenvalue weighted by atomic mass is 32.2. The van der Waals surface area contributed by atoms with E-state index in [9.17, 15) is 0 Å². The number of aromatic nitrogens is 4. The van der Waals surface area contributed by atoms with E-state index in [0.29, 0.717) is 17.5 Å². The zero-order valence-corrected chi connectivity index (χ0v) is 10.8. The van der Waals surface area contributed by atoms with Gasteiger partial charge in [-0.15, -0.1) is 11.3 Å². The van der Waals surface area contributed by atoms with Crippen molar-refractivity contribution >= 4 is 23.1 Å². The van der Waals surface area contributed by atoms with Crippen molar-refractivity contribution in [3.05, 3.63) is 42.0 Å². The van der Waals surface area contributed by atoms with Gasteiger partial charge in [0.1, 0.15) is 5.03 Å². The molecular weight excluding hydrogens is 268 g/mol. The average Bonchev–Trinajstić information content (AvgIpc) is 3.08. The highest BCUT2D eigenvalue weighted by Gasteiger charge is 2.09. The quantitative estimate of drug-likeness (QED) is 0.683. The van der Waals surface area contributed by atoms with Crippen LogP contribution in [0.5, 0.6) is 0 Å². The van der Waals surface area contributed by atoms with E-state index in [-0.39, 0.29) is 0 Å². The molecule has 0 saturated carbocycles. The molecular formula is C11H8N4OS2. The smallest absolute Gasteiger partial charge is 0.237 e. The van der Waals surface area contributed by atoms with Crippen LogP contribution in [0.3, 0.4) is 0 Å². The molecule has 0 amide bonds. The van der Waals surface area contributed by atoms with Crippen LogP contribution in [0.1, 0.15) is 5.89 Å². The summed E-state index contributed by atoms with van der Waals surface area (Å²) in [6, 6.07) is 3.93. The van der Waals surface area contributed by atoms with E-state index in [4.69, 9.17) is 4.52 Å². The third-order valence-electron chi connectivity index (χ3n) is 2.09. The van der Waals surface area contributed by atoms with Gasteiger partial charge < -0.3 is 4.52 Å². The molecule has 3 heterocycles. The Bertz CT molecular complexity index is 609. The fourth-order valence-corrected chi connectivity index (χ4v) is 2.62.